The van der Waals surface area contributed by atoms with Crippen LogP contribution >= 0.6 is 0 Å². The molecule has 1 heterocycles. The van der Waals surface area contributed by atoms with Gasteiger partial charge in [-0.3, -0.25) is 9.69 Å². The molecule has 3 aromatic rings. The third kappa shape index (κ3) is 6.92. The number of ether oxygens (including phenoxy) is 2. The first-order chi connectivity index (χ1) is 20.9. The molecule has 14 heteroatoms. The van der Waals surface area contributed by atoms with Gasteiger partial charge in [0.15, 0.2) is 0 Å². The Bertz CT molecular complexity index is 1640. The highest BCUT2D eigenvalue weighted by Crippen LogP contribution is 2.47. The molecule has 4 N–H and O–H groups in total. The number of urea groups is 1. The third-order valence-electron chi connectivity index (χ3n) is 6.98. The van der Waals surface area contributed by atoms with Crippen LogP contribution in [0.15, 0.2) is 82.9 Å². The summed E-state index contributed by atoms with van der Waals surface area (Å²) in [5.41, 5.74) is 14.5. The number of alkyl halides is 4. The molecule has 0 atom stereocenters. The minimum absolute atomic E-state index is 0.00461. The maximum Gasteiger partial charge on any atom is 0.540 e. The van der Waals surface area contributed by atoms with E-state index in [2.05, 4.69) is 31.0 Å². The van der Waals surface area contributed by atoms with Crippen molar-refractivity contribution < 1.29 is 36.6 Å². The molecule has 44 heavy (non-hydrogen) atoms. The zero-order valence-corrected chi connectivity index (χ0v) is 23.0. The third-order valence-corrected chi connectivity index (χ3v) is 6.98. The molecule has 0 radical (unpaired) electrons. The van der Waals surface area contributed by atoms with E-state index in [1.54, 1.807) is 24.3 Å². The maximum absolute atomic E-state index is 14.3. The van der Waals surface area contributed by atoms with Crippen molar-refractivity contribution in [2.24, 2.45) is 15.8 Å². The van der Waals surface area contributed by atoms with Gasteiger partial charge in [0.05, 0.1) is 12.1 Å². The van der Waals surface area contributed by atoms with Crippen molar-refractivity contribution in [3.8, 4) is 5.75 Å². The zero-order chi connectivity index (χ0) is 31.5. The van der Waals surface area contributed by atoms with Gasteiger partial charge in [0.2, 0.25) is 5.96 Å². The van der Waals surface area contributed by atoms with Crippen LogP contribution in [-0.2, 0) is 17.4 Å². The number of nitrogens with one attached hydrogen (secondary N) is 2. The smallest absolute Gasteiger partial charge is 0.409 e. The second kappa shape index (κ2) is 12.2. The van der Waals surface area contributed by atoms with Crippen molar-refractivity contribution >= 4 is 34.8 Å². The van der Waals surface area contributed by atoms with E-state index in [1.807, 2.05) is 12.1 Å². The molecule has 3 aromatic carbocycles. The van der Waals surface area contributed by atoms with Crippen LogP contribution < -0.4 is 20.7 Å². The van der Waals surface area contributed by atoms with Crippen molar-refractivity contribution in [1.82, 2.24) is 0 Å². The Kier molecular flexibility index (Phi) is 8.45. The fraction of sp³-hybridized carbons (Fsp3) is 0.233. The van der Waals surface area contributed by atoms with Crippen LogP contribution in [-0.4, -0.2) is 24.2 Å². The van der Waals surface area contributed by atoms with Gasteiger partial charge in [-0.2, -0.15) is 13.8 Å². The number of nitrogens with zero attached hydrogens (tertiary/aromatic N) is 3. The van der Waals surface area contributed by atoms with Crippen LogP contribution in [0, 0.1) is 5.53 Å². The summed E-state index contributed by atoms with van der Waals surface area (Å²) in [4.78, 5) is 30.6. The van der Waals surface area contributed by atoms with Crippen molar-refractivity contribution in [1.29, 1.82) is 5.53 Å². The van der Waals surface area contributed by atoms with Gasteiger partial charge >= 0.3 is 18.4 Å². The monoisotopic (exact) mass is 610 g/mol. The van der Waals surface area contributed by atoms with Crippen molar-refractivity contribution in [3.63, 3.8) is 0 Å². The minimum Gasteiger partial charge on any atom is -0.409 e. The van der Waals surface area contributed by atoms with E-state index in [0.717, 1.165) is 49.4 Å². The second-order valence-electron chi connectivity index (χ2n) is 10.0. The molecule has 1 aliphatic heterocycles. The number of fused-ring (bicyclic) bond motifs is 1. The molecule has 228 valence electrons. The van der Waals surface area contributed by atoms with E-state index in [-0.39, 0.29) is 17.8 Å². The van der Waals surface area contributed by atoms with Gasteiger partial charge in [-0.05, 0) is 84.8 Å². The average molecular weight is 611 g/mol. The summed E-state index contributed by atoms with van der Waals surface area (Å²) < 4.78 is 63.2. The number of allylic oxidation sites excluding steroid dienone is 2. The molecule has 2 aliphatic rings. The number of rotatable bonds is 6. The molecule has 0 spiro atoms. The number of anilines is 2. The highest BCUT2D eigenvalue weighted by molar-refractivity contribution is 6.03. The number of aliphatic imine (C=N–C) groups is 1. The molecule has 0 saturated carbocycles. The number of carbonyl (C=O) groups excluding carboxylic acids is 2. The molecule has 0 unspecified atom stereocenters. The van der Waals surface area contributed by atoms with E-state index >= 15 is 0 Å². The molecule has 10 nitrogen and oxygen atoms in total. The van der Waals surface area contributed by atoms with E-state index in [1.165, 1.54) is 22.6 Å². The Morgan fingerprint density at radius 1 is 1.00 bits per heavy atom. The second-order valence-corrected chi connectivity index (χ2v) is 10.0. The van der Waals surface area contributed by atoms with Crippen LogP contribution in [0.1, 0.15) is 52.7 Å². The molecular weight excluding hydrogens is 584 g/mol. The number of hydrogen-bond acceptors (Lipinski definition) is 5. The highest BCUT2D eigenvalue weighted by atomic mass is 19.3. The normalized spacial score (nSPS) is 17.0. The number of halogens is 4. The fourth-order valence-corrected chi connectivity index (χ4v) is 4.83. The Morgan fingerprint density at radius 2 is 1.73 bits per heavy atom. The predicted octanol–water partition coefficient (Wildman–Crippen LogP) is 7.38. The van der Waals surface area contributed by atoms with Crippen molar-refractivity contribution in [3.05, 3.63) is 95.1 Å². The number of carbonyl (C=O) groups is 2. The van der Waals surface area contributed by atoms with Gasteiger partial charge in [-0.15, -0.1) is 13.9 Å². The molecule has 5 rings (SSSR count). The van der Waals surface area contributed by atoms with Crippen molar-refractivity contribution in [2.75, 3.05) is 10.2 Å². The topological polar surface area (TPSA) is 142 Å². The standard InChI is InChI=1S/C30H26F4N6O4/c31-29(32)24-16-22(12-15-25(24)43-30(33,34)44-29)37-28(42)40(23-13-10-20(11-14-23)19-4-2-1-3-5-19)17-18-6-8-21(9-7-18)26(41)38-27(35)39-36/h4,6-16,36H,1-3,5,17H2,(H,37,42)(H2,35,38,41). The van der Waals surface area contributed by atoms with Crippen LogP contribution in [0.5, 0.6) is 5.75 Å². The lowest BCUT2D eigenvalue weighted by atomic mass is 9.93. The van der Waals surface area contributed by atoms with Gasteiger partial charge in [-0.25, -0.2) is 15.1 Å². The fourth-order valence-electron chi connectivity index (χ4n) is 4.83. The van der Waals surface area contributed by atoms with Crippen LogP contribution in [0.2, 0.25) is 0 Å². The Balaban J connectivity index is 1.42. The predicted molar refractivity (Wildman–Crippen MR) is 153 cm³/mol. The van der Waals surface area contributed by atoms with Crippen LogP contribution in [0.25, 0.3) is 5.57 Å². The highest BCUT2D eigenvalue weighted by Gasteiger charge is 2.54. The summed E-state index contributed by atoms with van der Waals surface area (Å²) in [7, 11) is 0. The molecular formula is C30H26F4N6O4. The van der Waals surface area contributed by atoms with Gasteiger partial charge < -0.3 is 15.8 Å². The maximum atomic E-state index is 14.3. The number of nitrogens with two attached hydrogens (primary N) is 1. The Hall–Kier alpha value is -5.11. The quantitative estimate of drug-likeness (QED) is 0.116. The zero-order valence-electron chi connectivity index (χ0n) is 23.0. The van der Waals surface area contributed by atoms with E-state index in [9.17, 15) is 27.2 Å². The SMILES string of the molecule is N=NC(N)=NC(=O)c1ccc(CN(C(=O)Nc2ccc3c(c2)C(F)(F)OC(F)(F)O3)c2ccc(C3=CCCCC3)cc2)cc1. The summed E-state index contributed by atoms with van der Waals surface area (Å²) in [5, 5.41) is 5.42. The number of guanidine groups is 1. The summed E-state index contributed by atoms with van der Waals surface area (Å²) >= 11 is 0. The molecule has 0 aromatic heterocycles. The lowest BCUT2D eigenvalue weighted by Crippen LogP contribution is -2.41. The molecule has 0 fully saturated rings. The largest absolute Gasteiger partial charge is 0.540 e. The van der Waals surface area contributed by atoms with Crippen LogP contribution in [0.3, 0.4) is 0 Å². The molecule has 0 saturated heterocycles. The Morgan fingerprint density at radius 3 is 2.39 bits per heavy atom. The first-order valence-electron chi connectivity index (χ1n) is 13.5. The lowest BCUT2D eigenvalue weighted by Gasteiger charge is -2.31. The minimum atomic E-state index is -4.52. The van der Waals surface area contributed by atoms with Crippen molar-refractivity contribution in [2.45, 2.75) is 44.6 Å². The first kappa shape index (κ1) is 30.4. The van der Waals surface area contributed by atoms with Gasteiger partial charge in [0.25, 0.3) is 5.91 Å². The summed E-state index contributed by atoms with van der Waals surface area (Å²) in [5.74, 6) is -1.99. The average Bonchev–Trinajstić information content (AvgIpc) is 3.00. The number of amides is 3. The Labute approximate surface area is 248 Å². The number of benzene rings is 3. The number of hydrogen-bond donors (Lipinski definition) is 3. The van der Waals surface area contributed by atoms with Gasteiger partial charge in [0, 0.05) is 16.9 Å². The summed E-state index contributed by atoms with van der Waals surface area (Å²) in [6, 6.07) is 15.5. The van der Waals surface area contributed by atoms with Gasteiger partial charge in [0.1, 0.15) is 5.75 Å². The molecule has 3 amide bonds. The van der Waals surface area contributed by atoms with E-state index in [0.29, 0.717) is 11.3 Å². The van der Waals surface area contributed by atoms with E-state index in [4.69, 9.17) is 11.3 Å². The summed E-state index contributed by atoms with van der Waals surface area (Å²) in [6.45, 7) is -0.00461. The van der Waals surface area contributed by atoms with Gasteiger partial charge in [-0.1, -0.05) is 30.3 Å². The first-order valence-corrected chi connectivity index (χ1v) is 13.5. The van der Waals surface area contributed by atoms with Crippen LogP contribution in [0.4, 0.5) is 33.7 Å². The van der Waals surface area contributed by atoms with E-state index < -0.39 is 41.6 Å². The lowest BCUT2D eigenvalue weighted by molar-refractivity contribution is -0.461. The summed E-state index contributed by atoms with van der Waals surface area (Å²) in [6.07, 6.45) is -2.54. The molecule has 0 bridgehead atoms. The molecule has 1 aliphatic carbocycles.